The van der Waals surface area contributed by atoms with Crippen molar-refractivity contribution in [2.45, 2.75) is 29.3 Å². The summed E-state index contributed by atoms with van der Waals surface area (Å²) in [7, 11) is -3.70. The van der Waals surface area contributed by atoms with Crippen molar-refractivity contribution < 1.29 is 26.4 Å². The first-order chi connectivity index (χ1) is 18.0. The summed E-state index contributed by atoms with van der Waals surface area (Å²) in [5.74, 6) is -0.412. The van der Waals surface area contributed by atoms with Crippen LogP contribution in [0.2, 0.25) is 4.34 Å². The van der Waals surface area contributed by atoms with Gasteiger partial charge in [-0.2, -0.15) is 13.2 Å². The van der Waals surface area contributed by atoms with Crippen LogP contribution in [-0.4, -0.2) is 20.4 Å². The average Bonchev–Trinajstić information content (AvgIpc) is 3.49. The molecule has 5 nitrogen and oxygen atoms in total. The van der Waals surface area contributed by atoms with Crippen molar-refractivity contribution in [3.05, 3.63) is 105 Å². The van der Waals surface area contributed by atoms with E-state index in [2.05, 4.69) is 10.0 Å². The molecule has 1 unspecified atom stereocenters. The molecule has 0 fully saturated rings. The number of amides is 1. The topological polar surface area (TPSA) is 75.3 Å². The Morgan fingerprint density at radius 1 is 0.921 bits per heavy atom. The van der Waals surface area contributed by atoms with Gasteiger partial charge >= 0.3 is 6.18 Å². The maximum absolute atomic E-state index is 13.2. The van der Waals surface area contributed by atoms with Gasteiger partial charge in [0.2, 0.25) is 10.0 Å². The number of carbonyl (C=O) groups is 1. The quantitative estimate of drug-likeness (QED) is 0.265. The predicted octanol–water partition coefficient (Wildman–Crippen LogP) is 6.79. The van der Waals surface area contributed by atoms with Gasteiger partial charge in [0, 0.05) is 17.3 Å². The van der Waals surface area contributed by atoms with E-state index in [4.69, 9.17) is 11.6 Å². The molecule has 5 rings (SSSR count). The van der Waals surface area contributed by atoms with Crippen LogP contribution in [0, 0.1) is 0 Å². The van der Waals surface area contributed by atoms with Crippen LogP contribution in [0.5, 0.6) is 0 Å². The first-order valence-electron chi connectivity index (χ1n) is 11.5. The van der Waals surface area contributed by atoms with Crippen molar-refractivity contribution in [3.63, 3.8) is 0 Å². The smallest absolute Gasteiger partial charge is 0.322 e. The van der Waals surface area contributed by atoms with Crippen LogP contribution in [0.15, 0.2) is 83.1 Å². The summed E-state index contributed by atoms with van der Waals surface area (Å²) in [6.45, 7) is 0. The Morgan fingerprint density at radius 3 is 2.32 bits per heavy atom. The second-order valence-electron chi connectivity index (χ2n) is 8.84. The van der Waals surface area contributed by atoms with Gasteiger partial charge in [0.25, 0.3) is 5.91 Å². The largest absolute Gasteiger partial charge is 0.416 e. The van der Waals surface area contributed by atoms with Crippen molar-refractivity contribution in [2.75, 3.05) is 5.32 Å². The van der Waals surface area contributed by atoms with Crippen LogP contribution in [0.25, 0.3) is 11.1 Å². The molecule has 0 saturated heterocycles. The third kappa shape index (κ3) is 5.63. The molecule has 1 heterocycles. The first-order valence-corrected chi connectivity index (χ1v) is 14.1. The highest BCUT2D eigenvalue weighted by Crippen LogP contribution is 2.33. The molecule has 4 aromatic rings. The Kier molecular flexibility index (Phi) is 7.08. The molecule has 1 aliphatic carbocycles. The summed E-state index contributed by atoms with van der Waals surface area (Å²) < 4.78 is 67.4. The van der Waals surface area contributed by atoms with Crippen LogP contribution in [-0.2, 0) is 29.0 Å². The molecule has 0 spiro atoms. The molecule has 11 heteroatoms. The minimum absolute atomic E-state index is 0.151. The predicted molar refractivity (Wildman–Crippen MR) is 142 cm³/mol. The number of sulfonamides is 1. The fraction of sp³-hybridized carbons (Fsp3) is 0.148. The number of alkyl halides is 3. The number of halogens is 4. The van der Waals surface area contributed by atoms with Crippen molar-refractivity contribution >= 4 is 44.6 Å². The highest BCUT2D eigenvalue weighted by atomic mass is 35.5. The summed E-state index contributed by atoms with van der Waals surface area (Å²) in [6.07, 6.45) is -3.47. The number of thiophene rings is 1. The lowest BCUT2D eigenvalue weighted by atomic mass is 9.98. The number of fused-ring (bicyclic) bond motifs is 1. The van der Waals surface area contributed by atoms with Gasteiger partial charge < -0.3 is 5.32 Å². The van der Waals surface area contributed by atoms with Crippen molar-refractivity contribution in [2.24, 2.45) is 0 Å². The molecule has 0 saturated carbocycles. The van der Waals surface area contributed by atoms with E-state index in [0.717, 1.165) is 34.6 Å². The Labute approximate surface area is 226 Å². The number of rotatable bonds is 6. The van der Waals surface area contributed by atoms with Gasteiger partial charge in [0.05, 0.1) is 9.90 Å². The molecule has 0 aliphatic heterocycles. The molecule has 196 valence electrons. The Bertz CT molecular complexity index is 1620. The average molecular weight is 577 g/mol. The maximum atomic E-state index is 13.2. The third-order valence-electron chi connectivity index (χ3n) is 6.23. The minimum Gasteiger partial charge on any atom is -0.322 e. The number of hydrogen-bond acceptors (Lipinski definition) is 4. The molecule has 1 atom stereocenters. The standard InChI is InChI=1S/C27H20ClF3N2O3S2/c28-24-11-12-25(37-24)38(35,36)33-21-13-17-7-10-20(14-18(17)15-21)32-26(34)23-4-2-1-3-22(23)16-5-8-19(9-6-16)27(29,30)31/h1-12,14,21,33H,13,15H2,(H,32,34). The summed E-state index contributed by atoms with van der Waals surface area (Å²) in [5, 5.41) is 2.85. The van der Waals surface area contributed by atoms with Gasteiger partial charge in [-0.05, 0) is 77.6 Å². The Balaban J connectivity index is 1.30. The summed E-state index contributed by atoms with van der Waals surface area (Å²) >= 11 is 6.86. The van der Waals surface area contributed by atoms with Crippen LogP contribution in [0.4, 0.5) is 18.9 Å². The zero-order chi connectivity index (χ0) is 27.1. The van der Waals surface area contributed by atoms with Crippen molar-refractivity contribution in [1.82, 2.24) is 4.72 Å². The Hall–Kier alpha value is -3.18. The lowest BCUT2D eigenvalue weighted by molar-refractivity contribution is -0.137. The molecule has 1 amide bonds. The summed E-state index contributed by atoms with van der Waals surface area (Å²) in [4.78, 5) is 13.2. The van der Waals surface area contributed by atoms with Crippen molar-refractivity contribution in [3.8, 4) is 11.1 Å². The van der Waals surface area contributed by atoms with E-state index in [1.165, 1.54) is 24.3 Å². The van der Waals surface area contributed by atoms with Gasteiger partial charge in [-0.25, -0.2) is 13.1 Å². The van der Waals surface area contributed by atoms with E-state index in [0.29, 0.717) is 39.6 Å². The van der Waals surface area contributed by atoms with Crippen LogP contribution in [0.1, 0.15) is 27.0 Å². The molecule has 38 heavy (non-hydrogen) atoms. The minimum atomic E-state index is -4.45. The molecule has 0 radical (unpaired) electrons. The second kappa shape index (κ2) is 10.2. The number of hydrogen-bond donors (Lipinski definition) is 2. The Morgan fingerprint density at radius 2 is 1.63 bits per heavy atom. The van der Waals surface area contributed by atoms with Crippen LogP contribution >= 0.6 is 22.9 Å². The third-order valence-corrected chi connectivity index (χ3v) is 9.47. The molecular formula is C27H20ClF3N2O3S2. The van der Waals surface area contributed by atoms with E-state index in [9.17, 15) is 26.4 Å². The van der Waals surface area contributed by atoms with Gasteiger partial charge in [-0.3, -0.25) is 4.79 Å². The van der Waals surface area contributed by atoms with E-state index in [1.54, 1.807) is 30.3 Å². The SMILES string of the molecule is O=C(Nc1ccc2c(c1)CC(NS(=O)(=O)c1ccc(Cl)s1)C2)c1ccccc1-c1ccc(C(F)(F)F)cc1. The van der Waals surface area contributed by atoms with E-state index < -0.39 is 27.7 Å². The first kappa shape index (κ1) is 26.4. The van der Waals surface area contributed by atoms with E-state index >= 15 is 0 Å². The van der Waals surface area contributed by atoms with Gasteiger partial charge in [-0.15, -0.1) is 11.3 Å². The van der Waals surface area contributed by atoms with Crippen molar-refractivity contribution in [1.29, 1.82) is 0 Å². The molecular weight excluding hydrogens is 557 g/mol. The van der Waals surface area contributed by atoms with E-state index in [1.807, 2.05) is 12.1 Å². The molecule has 3 aromatic carbocycles. The molecule has 2 N–H and O–H groups in total. The zero-order valence-electron chi connectivity index (χ0n) is 19.6. The van der Waals surface area contributed by atoms with Crippen LogP contribution in [0.3, 0.4) is 0 Å². The zero-order valence-corrected chi connectivity index (χ0v) is 21.9. The summed E-state index contributed by atoms with van der Waals surface area (Å²) in [5.41, 5.74) is 2.96. The fourth-order valence-corrected chi connectivity index (χ4v) is 7.20. The number of anilines is 1. The number of benzene rings is 3. The monoisotopic (exact) mass is 576 g/mol. The number of carbonyl (C=O) groups excluding carboxylic acids is 1. The summed E-state index contributed by atoms with van der Waals surface area (Å²) in [6, 6.07) is 19.4. The van der Waals surface area contributed by atoms with Gasteiger partial charge in [0.1, 0.15) is 4.21 Å². The molecule has 1 aromatic heterocycles. The maximum Gasteiger partial charge on any atom is 0.416 e. The highest BCUT2D eigenvalue weighted by molar-refractivity contribution is 7.91. The second-order valence-corrected chi connectivity index (χ2v) is 12.5. The van der Waals surface area contributed by atoms with Gasteiger partial charge in [0.15, 0.2) is 0 Å². The lowest BCUT2D eigenvalue weighted by Crippen LogP contribution is -2.34. The van der Waals surface area contributed by atoms with E-state index in [-0.39, 0.29) is 10.3 Å². The normalized spacial score (nSPS) is 15.3. The molecule has 1 aliphatic rings. The number of nitrogens with one attached hydrogen (secondary N) is 2. The lowest BCUT2D eigenvalue weighted by Gasteiger charge is -2.12. The highest BCUT2D eigenvalue weighted by Gasteiger charge is 2.30. The van der Waals surface area contributed by atoms with Gasteiger partial charge in [-0.1, -0.05) is 48.0 Å². The van der Waals surface area contributed by atoms with Crippen LogP contribution < -0.4 is 10.0 Å². The molecule has 0 bridgehead atoms. The fourth-order valence-electron chi connectivity index (χ4n) is 4.47.